The van der Waals surface area contributed by atoms with E-state index >= 15 is 0 Å². The van der Waals surface area contributed by atoms with Crippen molar-refractivity contribution in [3.63, 3.8) is 0 Å². The lowest BCUT2D eigenvalue weighted by Gasteiger charge is -2.34. The van der Waals surface area contributed by atoms with E-state index in [-0.39, 0.29) is 0 Å². The van der Waals surface area contributed by atoms with E-state index in [1.165, 1.54) is 0 Å². The maximum absolute atomic E-state index is 6.26. The average molecular weight is 582 g/mol. The van der Waals surface area contributed by atoms with E-state index in [1.807, 2.05) is 48.5 Å². The monoisotopic (exact) mass is 580 g/mol. The summed E-state index contributed by atoms with van der Waals surface area (Å²) in [6, 6.07) is 32.1. The molecule has 0 amide bonds. The molecule has 6 rings (SSSR count). The van der Waals surface area contributed by atoms with Crippen LogP contribution < -0.4 is 19.6 Å². The summed E-state index contributed by atoms with van der Waals surface area (Å²) in [5, 5.41) is 2.85. The van der Waals surface area contributed by atoms with Crippen molar-refractivity contribution in [2.75, 3.05) is 45.8 Å². The van der Waals surface area contributed by atoms with E-state index in [0.717, 1.165) is 60.6 Å². The fraction of sp³-hybridized carbons (Fsp3) is 0.133. The number of anilines is 4. The van der Waals surface area contributed by atoms with Gasteiger partial charge in [-0.2, -0.15) is 0 Å². The Morgan fingerprint density at radius 3 is 0.684 bits per heavy atom. The van der Waals surface area contributed by atoms with Crippen LogP contribution in [0.5, 0.6) is 0 Å². The highest BCUT2D eigenvalue weighted by Gasteiger charge is 2.38. The summed E-state index contributed by atoms with van der Waals surface area (Å²) in [6.45, 7) is 3.25. The number of hydrogen-bond acceptors (Lipinski definition) is 4. The molecule has 0 spiro atoms. The van der Waals surface area contributed by atoms with Crippen LogP contribution in [0.15, 0.2) is 109 Å². The second-order valence-electron chi connectivity index (χ2n) is 9.16. The quantitative estimate of drug-likeness (QED) is 0.239. The van der Waals surface area contributed by atoms with Crippen LogP contribution >= 0.6 is 46.4 Å². The first-order valence-corrected chi connectivity index (χ1v) is 13.9. The van der Waals surface area contributed by atoms with Crippen molar-refractivity contribution in [3.05, 3.63) is 129 Å². The molecule has 2 saturated heterocycles. The first-order chi connectivity index (χ1) is 18.5. The molecule has 2 fully saturated rings. The molecular formula is C30H24Cl4N4. The Balaban J connectivity index is 1.58. The lowest BCUT2D eigenvalue weighted by Crippen LogP contribution is -2.34. The molecule has 0 unspecified atom stereocenters. The van der Waals surface area contributed by atoms with Crippen LogP contribution in [-0.2, 0) is 0 Å². The molecule has 192 valence electrons. The smallest absolute Gasteiger partial charge is 0.156 e. The van der Waals surface area contributed by atoms with Gasteiger partial charge < -0.3 is 19.6 Å². The van der Waals surface area contributed by atoms with E-state index in [9.17, 15) is 0 Å². The summed E-state index contributed by atoms with van der Waals surface area (Å²) >= 11 is 25.0. The minimum absolute atomic E-state index is 0.711. The average Bonchev–Trinajstić information content (AvgIpc) is 3.55. The van der Waals surface area contributed by atoms with Crippen molar-refractivity contribution in [1.82, 2.24) is 0 Å². The highest BCUT2D eigenvalue weighted by molar-refractivity contribution is 6.31. The molecule has 0 aliphatic carbocycles. The fourth-order valence-corrected chi connectivity index (χ4v) is 5.59. The third-order valence-electron chi connectivity index (χ3n) is 6.87. The summed E-state index contributed by atoms with van der Waals surface area (Å²) in [5.74, 6) is 2.16. The Hall–Kier alpha value is -3.02. The molecule has 2 heterocycles. The maximum Gasteiger partial charge on any atom is 0.156 e. The van der Waals surface area contributed by atoms with Crippen LogP contribution in [0, 0.1) is 0 Å². The molecule has 8 heteroatoms. The molecule has 38 heavy (non-hydrogen) atoms. The van der Waals surface area contributed by atoms with Crippen molar-refractivity contribution in [2.24, 2.45) is 0 Å². The van der Waals surface area contributed by atoms with Gasteiger partial charge in [-0.3, -0.25) is 0 Å². The zero-order chi connectivity index (χ0) is 26.2. The van der Waals surface area contributed by atoms with Crippen molar-refractivity contribution in [2.45, 2.75) is 0 Å². The molecule has 0 bridgehead atoms. The minimum atomic E-state index is 0.711. The van der Waals surface area contributed by atoms with Crippen LogP contribution in [-0.4, -0.2) is 26.2 Å². The fourth-order valence-electron chi connectivity index (χ4n) is 5.09. The van der Waals surface area contributed by atoms with Gasteiger partial charge in [0.1, 0.15) is 0 Å². The molecular weight excluding hydrogens is 558 g/mol. The van der Waals surface area contributed by atoms with Gasteiger partial charge in [-0.25, -0.2) is 0 Å². The standard InChI is InChI=1S/C30H24Cl4N4/c31-21-1-9-25(10-2-21)35-17-18-36(26-11-3-22(32)4-12-26)29(35)30-37(27-13-5-23(33)6-14-27)19-20-38(30)28-15-7-24(34)8-16-28/h1-16H,17-20H2. The second-order valence-corrected chi connectivity index (χ2v) is 10.9. The van der Waals surface area contributed by atoms with E-state index in [4.69, 9.17) is 46.4 Å². The van der Waals surface area contributed by atoms with Gasteiger partial charge in [-0.05, 0) is 97.1 Å². The van der Waals surface area contributed by atoms with Crippen LogP contribution in [0.25, 0.3) is 0 Å². The molecule has 4 aromatic carbocycles. The SMILES string of the molecule is Clc1ccc(N2CCN(c3ccc(Cl)cc3)C2=C2N(c3ccc(Cl)cc3)CCN2c2ccc(Cl)cc2)cc1. The lowest BCUT2D eigenvalue weighted by molar-refractivity contribution is 0.966. The summed E-state index contributed by atoms with van der Waals surface area (Å²) in [6.07, 6.45) is 0. The Kier molecular flexibility index (Phi) is 7.07. The Morgan fingerprint density at radius 2 is 0.500 bits per heavy atom. The molecule has 0 aromatic heterocycles. The molecule has 0 radical (unpaired) electrons. The molecule has 0 N–H and O–H groups in total. The minimum Gasteiger partial charge on any atom is -0.323 e. The first-order valence-electron chi connectivity index (χ1n) is 12.3. The van der Waals surface area contributed by atoms with Crippen LogP contribution in [0.4, 0.5) is 22.7 Å². The molecule has 2 aliphatic heterocycles. The molecule has 4 aromatic rings. The second kappa shape index (κ2) is 10.6. The maximum atomic E-state index is 6.26. The van der Waals surface area contributed by atoms with Crippen molar-refractivity contribution in [1.29, 1.82) is 0 Å². The topological polar surface area (TPSA) is 13.0 Å². The van der Waals surface area contributed by atoms with Crippen LogP contribution in [0.2, 0.25) is 20.1 Å². The van der Waals surface area contributed by atoms with Gasteiger partial charge in [0.05, 0.1) is 0 Å². The Labute approximate surface area is 242 Å². The highest BCUT2D eigenvalue weighted by atomic mass is 35.5. The predicted molar refractivity (Wildman–Crippen MR) is 162 cm³/mol. The summed E-state index contributed by atoms with van der Waals surface area (Å²) in [4.78, 5) is 9.43. The van der Waals surface area contributed by atoms with Gasteiger partial charge in [0.15, 0.2) is 11.6 Å². The van der Waals surface area contributed by atoms with E-state index in [0.29, 0.717) is 20.1 Å². The zero-order valence-corrected chi connectivity index (χ0v) is 23.4. The van der Waals surface area contributed by atoms with E-state index in [1.54, 1.807) is 0 Å². The molecule has 2 aliphatic rings. The Bertz CT molecular complexity index is 1230. The summed E-state index contributed by atoms with van der Waals surface area (Å²) in [7, 11) is 0. The van der Waals surface area contributed by atoms with Gasteiger partial charge in [0.25, 0.3) is 0 Å². The lowest BCUT2D eigenvalue weighted by atomic mass is 10.2. The van der Waals surface area contributed by atoms with Gasteiger partial charge in [0, 0.05) is 69.0 Å². The highest BCUT2D eigenvalue weighted by Crippen LogP contribution is 2.40. The molecule has 4 nitrogen and oxygen atoms in total. The van der Waals surface area contributed by atoms with E-state index < -0.39 is 0 Å². The number of rotatable bonds is 4. The molecule has 0 saturated carbocycles. The van der Waals surface area contributed by atoms with Crippen LogP contribution in [0.3, 0.4) is 0 Å². The summed E-state index contributed by atoms with van der Waals surface area (Å²) < 4.78 is 0. The van der Waals surface area contributed by atoms with Gasteiger partial charge >= 0.3 is 0 Å². The third kappa shape index (κ3) is 4.90. The largest absolute Gasteiger partial charge is 0.323 e. The van der Waals surface area contributed by atoms with Gasteiger partial charge in [0.2, 0.25) is 0 Å². The first kappa shape index (κ1) is 25.3. The van der Waals surface area contributed by atoms with Gasteiger partial charge in [-0.1, -0.05) is 46.4 Å². The van der Waals surface area contributed by atoms with Crippen molar-refractivity contribution in [3.8, 4) is 0 Å². The third-order valence-corrected chi connectivity index (χ3v) is 7.88. The van der Waals surface area contributed by atoms with Crippen molar-refractivity contribution < 1.29 is 0 Å². The Morgan fingerprint density at radius 1 is 0.316 bits per heavy atom. The van der Waals surface area contributed by atoms with Crippen LogP contribution in [0.1, 0.15) is 0 Å². The number of hydrogen-bond donors (Lipinski definition) is 0. The normalized spacial score (nSPS) is 15.7. The number of benzene rings is 4. The number of nitrogens with zero attached hydrogens (tertiary/aromatic N) is 4. The zero-order valence-electron chi connectivity index (χ0n) is 20.4. The molecule has 0 atom stereocenters. The predicted octanol–water partition coefficient (Wildman–Crippen LogP) is 8.78. The van der Waals surface area contributed by atoms with Crippen molar-refractivity contribution >= 4 is 69.2 Å². The van der Waals surface area contributed by atoms with Gasteiger partial charge in [-0.15, -0.1) is 0 Å². The number of halogens is 4. The summed E-state index contributed by atoms with van der Waals surface area (Å²) in [5.41, 5.74) is 4.31. The van der Waals surface area contributed by atoms with E-state index in [2.05, 4.69) is 68.1 Å².